The topological polar surface area (TPSA) is 250 Å². The Balaban J connectivity index is 0.00000107. The molecule has 0 bridgehead atoms. The second kappa shape index (κ2) is 18.4. The van der Waals surface area contributed by atoms with Crippen molar-refractivity contribution in [3.63, 3.8) is 0 Å². The minimum Gasteiger partial charge on any atom is -0.475 e. The maximum absolute atomic E-state index is 14.2. The Hall–Kier alpha value is -5.15. The lowest BCUT2D eigenvalue weighted by Gasteiger charge is -2.35. The van der Waals surface area contributed by atoms with Crippen LogP contribution in [0.25, 0.3) is 0 Å². The molecule has 1 aliphatic carbocycles. The fourth-order valence-corrected chi connectivity index (χ4v) is 5.57. The van der Waals surface area contributed by atoms with Crippen molar-refractivity contribution in [1.29, 1.82) is 10.8 Å². The molecule has 3 rings (SSSR count). The lowest BCUT2D eigenvalue weighted by Crippen LogP contribution is -2.58. The number of rotatable bonds is 14. The Morgan fingerprint density at radius 3 is 1.98 bits per heavy atom. The summed E-state index contributed by atoms with van der Waals surface area (Å²) in [7, 11) is 0. The summed E-state index contributed by atoms with van der Waals surface area (Å²) in [5.74, 6) is -4.43. The number of hydrogen-bond acceptors (Lipinski definition) is 6. The van der Waals surface area contributed by atoms with E-state index in [1.165, 1.54) is 0 Å². The van der Waals surface area contributed by atoms with Crippen molar-refractivity contribution in [3.8, 4) is 0 Å². The monoisotopic (exact) mass is 690 g/mol. The van der Waals surface area contributed by atoms with Crippen LogP contribution in [0.1, 0.15) is 68.6 Å². The number of amidine groups is 1. The molecule has 13 nitrogen and oxygen atoms in total. The number of aliphatic carboxylic acids is 1. The number of carbonyl (C=O) groups is 4. The first-order valence-electron chi connectivity index (χ1n) is 15.7. The normalized spacial score (nSPS) is 15.6. The van der Waals surface area contributed by atoms with Crippen LogP contribution in [0.4, 0.5) is 13.2 Å². The molecule has 0 aromatic heterocycles. The van der Waals surface area contributed by atoms with Crippen molar-refractivity contribution in [2.75, 3.05) is 6.54 Å². The van der Waals surface area contributed by atoms with E-state index in [2.05, 4.69) is 16.0 Å². The maximum atomic E-state index is 14.2. The average molecular weight is 691 g/mol. The largest absolute Gasteiger partial charge is 0.490 e. The second-order valence-electron chi connectivity index (χ2n) is 12.1. The number of primary amides is 1. The highest BCUT2D eigenvalue weighted by atomic mass is 19.4. The van der Waals surface area contributed by atoms with E-state index in [0.29, 0.717) is 24.9 Å². The van der Waals surface area contributed by atoms with E-state index < -0.39 is 41.5 Å². The zero-order valence-corrected chi connectivity index (χ0v) is 27.2. The molecule has 0 radical (unpaired) electrons. The lowest BCUT2D eigenvalue weighted by atomic mass is 9.75. The third-order valence-corrected chi connectivity index (χ3v) is 8.31. The Bertz CT molecular complexity index is 1450. The van der Waals surface area contributed by atoms with Crippen molar-refractivity contribution in [1.82, 2.24) is 16.0 Å². The van der Waals surface area contributed by atoms with Crippen molar-refractivity contribution < 1.29 is 37.5 Å². The number of halogens is 3. The van der Waals surface area contributed by atoms with Crippen molar-refractivity contribution in [2.24, 2.45) is 23.1 Å². The van der Waals surface area contributed by atoms with Crippen LogP contribution < -0.4 is 33.2 Å². The van der Waals surface area contributed by atoms with Crippen molar-refractivity contribution >= 4 is 35.5 Å². The molecular weight excluding hydrogens is 645 g/mol. The van der Waals surface area contributed by atoms with Gasteiger partial charge < -0.3 is 38.3 Å². The van der Waals surface area contributed by atoms with Gasteiger partial charge in [0, 0.05) is 12.1 Å². The average Bonchev–Trinajstić information content (AvgIpc) is 3.05. The Morgan fingerprint density at radius 1 is 0.918 bits per heavy atom. The van der Waals surface area contributed by atoms with Crippen LogP contribution in [0.15, 0.2) is 54.6 Å². The van der Waals surface area contributed by atoms with Gasteiger partial charge in [-0.25, -0.2) is 4.79 Å². The molecule has 0 spiro atoms. The number of amides is 3. The summed E-state index contributed by atoms with van der Waals surface area (Å²) in [6.07, 6.45) is 0.564. The van der Waals surface area contributed by atoms with Crippen molar-refractivity contribution in [2.45, 2.75) is 82.0 Å². The van der Waals surface area contributed by atoms with Crippen LogP contribution in [0.3, 0.4) is 0 Å². The Kier molecular flexibility index (Phi) is 15.0. The molecule has 0 unspecified atom stereocenters. The van der Waals surface area contributed by atoms with Crippen LogP contribution in [0.5, 0.6) is 0 Å². The van der Waals surface area contributed by atoms with Crippen LogP contribution in [-0.4, -0.2) is 65.4 Å². The highest BCUT2D eigenvalue weighted by Crippen LogP contribution is 2.31. The number of alkyl halides is 3. The van der Waals surface area contributed by atoms with Gasteiger partial charge in [-0.15, -0.1) is 0 Å². The maximum Gasteiger partial charge on any atom is 0.490 e. The van der Waals surface area contributed by atoms with Gasteiger partial charge in [-0.05, 0) is 56.1 Å². The zero-order valence-electron chi connectivity index (χ0n) is 27.2. The molecule has 1 aliphatic rings. The molecule has 3 amide bonds. The number of benzene rings is 2. The molecule has 16 heteroatoms. The molecule has 1 saturated carbocycles. The number of carboxylic acids is 1. The van der Waals surface area contributed by atoms with E-state index in [-0.39, 0.29) is 30.0 Å². The molecule has 0 saturated heterocycles. The lowest BCUT2D eigenvalue weighted by molar-refractivity contribution is -0.192. The first-order chi connectivity index (χ1) is 23.0. The molecule has 49 heavy (non-hydrogen) atoms. The smallest absolute Gasteiger partial charge is 0.475 e. The van der Waals surface area contributed by atoms with Gasteiger partial charge in [-0.2, -0.15) is 13.2 Å². The number of nitrogens with one attached hydrogen (secondary N) is 5. The molecule has 0 aliphatic heterocycles. The van der Waals surface area contributed by atoms with E-state index in [0.717, 1.165) is 43.2 Å². The standard InChI is InChI=1S/C31H44N8O3.C2HF3O2/c1-31(23-11-6-3-7-12-23,19-20-14-16-22(17-15-20)26(32)33)29(42)39-25(21-9-4-2-5-10-21)28(41)38-24(27(34)40)13-8-18-37-30(35)36;3-2(4,5)1(6)7/h3,6-7,11-12,14-17,21,24-25H,2,4-5,8-10,13,18-19H2,1H3,(H3,32,33)(H2,34,40)(H,38,41)(H,39,42)(H4,35,36,37);(H,6,7)/t24-,25-,31+;/m0./s1. The van der Waals surface area contributed by atoms with E-state index in [9.17, 15) is 27.6 Å². The molecule has 268 valence electrons. The number of carbonyl (C=O) groups excluding carboxylic acids is 3. The molecule has 12 N–H and O–H groups in total. The minimum absolute atomic E-state index is 0.0316. The highest BCUT2D eigenvalue weighted by molar-refractivity contribution is 5.96. The van der Waals surface area contributed by atoms with Crippen LogP contribution >= 0.6 is 0 Å². The van der Waals surface area contributed by atoms with Crippen LogP contribution in [0, 0.1) is 16.7 Å². The van der Waals surface area contributed by atoms with Gasteiger partial charge >= 0.3 is 12.1 Å². The van der Waals surface area contributed by atoms with Gasteiger partial charge in [-0.3, -0.25) is 25.2 Å². The van der Waals surface area contributed by atoms with Gasteiger partial charge in [0.05, 0.1) is 5.41 Å². The van der Waals surface area contributed by atoms with E-state index in [1.807, 2.05) is 49.4 Å². The fourth-order valence-electron chi connectivity index (χ4n) is 5.57. The fraction of sp³-hybridized carbons (Fsp3) is 0.455. The van der Waals surface area contributed by atoms with E-state index in [1.54, 1.807) is 12.1 Å². The Morgan fingerprint density at radius 2 is 1.49 bits per heavy atom. The number of guanidine groups is 1. The van der Waals surface area contributed by atoms with E-state index >= 15 is 0 Å². The summed E-state index contributed by atoms with van der Waals surface area (Å²) in [6, 6.07) is 14.9. The quantitative estimate of drug-likeness (QED) is 0.0807. The molecule has 3 atom stereocenters. The number of nitrogen functional groups attached to an aromatic ring is 1. The summed E-state index contributed by atoms with van der Waals surface area (Å²) in [5.41, 5.74) is 17.8. The number of carboxylic acid groups (broad SMARTS) is 1. The number of hydrogen-bond donors (Lipinski definition) is 9. The third-order valence-electron chi connectivity index (χ3n) is 8.31. The van der Waals surface area contributed by atoms with E-state index in [4.69, 9.17) is 37.9 Å². The number of nitrogens with two attached hydrogens (primary N) is 3. The summed E-state index contributed by atoms with van der Waals surface area (Å²) in [5, 5.41) is 30.6. The summed E-state index contributed by atoms with van der Waals surface area (Å²) < 4.78 is 31.7. The van der Waals surface area contributed by atoms with Crippen molar-refractivity contribution in [3.05, 3.63) is 71.3 Å². The summed E-state index contributed by atoms with van der Waals surface area (Å²) >= 11 is 0. The van der Waals surface area contributed by atoms with Gasteiger partial charge in [0.2, 0.25) is 17.7 Å². The first kappa shape index (κ1) is 40.0. The third kappa shape index (κ3) is 12.8. The predicted octanol–water partition coefficient (Wildman–Crippen LogP) is 2.40. The van der Waals surface area contributed by atoms with Crippen LogP contribution in [0.2, 0.25) is 0 Å². The minimum atomic E-state index is -5.08. The molecule has 1 fully saturated rings. The van der Waals surface area contributed by atoms with Crippen LogP contribution in [-0.2, 0) is 31.0 Å². The summed E-state index contributed by atoms with van der Waals surface area (Å²) in [4.78, 5) is 49.0. The molecular formula is C33H45F3N8O5. The molecule has 2 aromatic carbocycles. The molecule has 0 heterocycles. The van der Waals surface area contributed by atoms with Gasteiger partial charge in [-0.1, -0.05) is 73.9 Å². The Labute approximate surface area is 282 Å². The van der Waals surface area contributed by atoms with Gasteiger partial charge in [0.15, 0.2) is 5.96 Å². The zero-order chi connectivity index (χ0) is 36.8. The molecule has 2 aromatic rings. The first-order valence-corrected chi connectivity index (χ1v) is 15.7. The van der Waals surface area contributed by atoms with Gasteiger partial charge in [0.1, 0.15) is 17.9 Å². The second-order valence-corrected chi connectivity index (χ2v) is 12.1. The highest BCUT2D eigenvalue weighted by Gasteiger charge is 2.40. The SMILES string of the molecule is C[C@](Cc1ccc(C(=N)N)cc1)(C(=O)N[C@H](C(=O)N[C@@H](CCCNC(=N)N)C(N)=O)C1CCCCC1)c1ccccc1.O=C(O)C(F)(F)F. The predicted molar refractivity (Wildman–Crippen MR) is 177 cm³/mol. The summed E-state index contributed by atoms with van der Waals surface area (Å²) in [6.45, 7) is 2.22. The van der Waals surface area contributed by atoms with Gasteiger partial charge in [0.25, 0.3) is 0 Å².